The first-order valence-electron chi connectivity index (χ1n) is 5.76. The fourth-order valence-corrected chi connectivity index (χ4v) is 1.70. The highest BCUT2D eigenvalue weighted by Crippen LogP contribution is 2.25. The Morgan fingerprint density at radius 1 is 1.42 bits per heavy atom. The summed E-state index contributed by atoms with van der Waals surface area (Å²) < 4.78 is 6.36. The fourth-order valence-electron chi connectivity index (χ4n) is 1.47. The zero-order chi connectivity index (χ0) is 14.0. The minimum atomic E-state index is -0.560. The zero-order valence-corrected chi connectivity index (χ0v) is 11.7. The van der Waals surface area contributed by atoms with Crippen LogP contribution in [0.15, 0.2) is 30.7 Å². The van der Waals surface area contributed by atoms with Crippen LogP contribution in [0.25, 0.3) is 11.1 Å². The van der Waals surface area contributed by atoms with Gasteiger partial charge in [0.25, 0.3) is 0 Å². The van der Waals surface area contributed by atoms with Gasteiger partial charge in [-0.05, 0) is 32.9 Å². The number of hydrogen-bond acceptors (Lipinski definition) is 4. The molecule has 0 saturated heterocycles. The summed E-state index contributed by atoms with van der Waals surface area (Å²) in [4.78, 5) is 15.8. The lowest BCUT2D eigenvalue weighted by atomic mass is 10.2. The lowest BCUT2D eigenvalue weighted by Gasteiger charge is -2.18. The second kappa shape index (κ2) is 5.01. The van der Waals surface area contributed by atoms with Crippen LogP contribution in [0.2, 0.25) is 5.15 Å². The molecular weight excluding hydrogens is 266 g/mol. The third-order valence-electron chi connectivity index (χ3n) is 2.23. The van der Waals surface area contributed by atoms with E-state index in [4.69, 9.17) is 16.3 Å². The standard InChI is InChI=1S/C13H14ClN3O2/c1-13(2,3)19-12(18)17-8-9(7-16-17)10-5-4-6-15-11(10)14/h4-8H,1-3H3. The number of aromatic nitrogens is 3. The van der Waals surface area contributed by atoms with Crippen molar-refractivity contribution in [2.75, 3.05) is 0 Å². The van der Waals surface area contributed by atoms with Gasteiger partial charge < -0.3 is 4.74 Å². The number of hydrogen-bond donors (Lipinski definition) is 0. The van der Waals surface area contributed by atoms with Crippen LogP contribution in [0, 0.1) is 0 Å². The maximum atomic E-state index is 11.8. The molecule has 2 heterocycles. The normalized spacial score (nSPS) is 11.4. The van der Waals surface area contributed by atoms with Gasteiger partial charge in [0, 0.05) is 23.5 Å². The first kappa shape index (κ1) is 13.5. The van der Waals surface area contributed by atoms with Crippen molar-refractivity contribution in [1.82, 2.24) is 14.8 Å². The van der Waals surface area contributed by atoms with E-state index in [-0.39, 0.29) is 0 Å². The van der Waals surface area contributed by atoms with Gasteiger partial charge in [-0.15, -0.1) is 0 Å². The quantitative estimate of drug-likeness (QED) is 0.751. The van der Waals surface area contributed by atoms with E-state index in [2.05, 4.69) is 10.1 Å². The maximum absolute atomic E-state index is 11.8. The van der Waals surface area contributed by atoms with Crippen LogP contribution in [0.1, 0.15) is 20.8 Å². The molecule has 2 aromatic heterocycles. The predicted molar refractivity (Wildman–Crippen MR) is 72.1 cm³/mol. The van der Waals surface area contributed by atoms with Crippen LogP contribution in [-0.2, 0) is 4.74 Å². The highest BCUT2D eigenvalue weighted by molar-refractivity contribution is 6.32. The van der Waals surface area contributed by atoms with Crippen molar-refractivity contribution >= 4 is 17.7 Å². The molecule has 0 aliphatic heterocycles. The van der Waals surface area contributed by atoms with Crippen LogP contribution in [0.3, 0.4) is 0 Å². The van der Waals surface area contributed by atoms with Crippen LogP contribution in [0.4, 0.5) is 4.79 Å². The van der Waals surface area contributed by atoms with Crippen LogP contribution in [-0.4, -0.2) is 26.5 Å². The van der Waals surface area contributed by atoms with E-state index in [1.165, 1.54) is 0 Å². The van der Waals surface area contributed by atoms with Crippen LogP contribution in [0.5, 0.6) is 0 Å². The molecule has 0 aliphatic rings. The minimum Gasteiger partial charge on any atom is -0.442 e. The third-order valence-corrected chi connectivity index (χ3v) is 2.53. The number of carbonyl (C=O) groups is 1. The molecule has 0 atom stereocenters. The second-order valence-electron chi connectivity index (χ2n) is 5.00. The van der Waals surface area contributed by atoms with E-state index in [1.807, 2.05) is 6.07 Å². The first-order valence-corrected chi connectivity index (χ1v) is 6.13. The van der Waals surface area contributed by atoms with Crippen molar-refractivity contribution in [3.8, 4) is 11.1 Å². The van der Waals surface area contributed by atoms with Crippen molar-refractivity contribution < 1.29 is 9.53 Å². The molecule has 0 radical (unpaired) electrons. The topological polar surface area (TPSA) is 57.0 Å². The number of ether oxygens (including phenoxy) is 1. The molecule has 0 N–H and O–H groups in total. The molecule has 0 amide bonds. The summed E-state index contributed by atoms with van der Waals surface area (Å²) in [6, 6.07) is 3.58. The molecule has 0 saturated carbocycles. The van der Waals surface area contributed by atoms with Gasteiger partial charge in [0.05, 0.1) is 6.20 Å². The molecule has 100 valence electrons. The largest absolute Gasteiger partial charge is 0.442 e. The molecule has 0 unspecified atom stereocenters. The van der Waals surface area contributed by atoms with E-state index in [1.54, 1.807) is 45.4 Å². The smallest absolute Gasteiger partial charge is 0.435 e. The Bertz CT molecular complexity index is 602. The Hall–Kier alpha value is -1.88. The Kier molecular flexibility index (Phi) is 3.57. The van der Waals surface area contributed by atoms with E-state index in [0.717, 1.165) is 10.2 Å². The summed E-state index contributed by atoms with van der Waals surface area (Å²) in [5, 5.41) is 4.34. The molecule has 0 bridgehead atoms. The Morgan fingerprint density at radius 2 is 2.16 bits per heavy atom. The van der Waals surface area contributed by atoms with Gasteiger partial charge in [-0.3, -0.25) is 0 Å². The van der Waals surface area contributed by atoms with Crippen molar-refractivity contribution in [2.45, 2.75) is 26.4 Å². The molecule has 6 heteroatoms. The molecule has 5 nitrogen and oxygen atoms in total. The number of nitrogens with zero attached hydrogens (tertiary/aromatic N) is 3. The third kappa shape index (κ3) is 3.32. The van der Waals surface area contributed by atoms with E-state index in [9.17, 15) is 4.79 Å². The summed E-state index contributed by atoms with van der Waals surface area (Å²) in [6.07, 6.45) is 4.19. The van der Waals surface area contributed by atoms with E-state index >= 15 is 0 Å². The molecule has 0 fully saturated rings. The average Bonchev–Trinajstić information content (AvgIpc) is 2.76. The summed E-state index contributed by atoms with van der Waals surface area (Å²) in [7, 11) is 0. The molecule has 2 rings (SSSR count). The SMILES string of the molecule is CC(C)(C)OC(=O)n1cc(-c2cccnc2Cl)cn1. The minimum absolute atomic E-state index is 0.367. The van der Waals surface area contributed by atoms with Crippen LogP contribution >= 0.6 is 11.6 Å². The molecule has 0 aliphatic carbocycles. The van der Waals surface area contributed by atoms with Crippen molar-refractivity contribution in [3.05, 3.63) is 35.9 Å². The van der Waals surface area contributed by atoms with Gasteiger partial charge in [0.1, 0.15) is 10.8 Å². The Labute approximate surface area is 116 Å². The number of rotatable bonds is 1. The van der Waals surface area contributed by atoms with Gasteiger partial charge in [-0.1, -0.05) is 11.6 Å². The maximum Gasteiger partial charge on any atom is 0.435 e. The highest BCUT2D eigenvalue weighted by atomic mass is 35.5. The molecule has 0 spiro atoms. The Balaban J connectivity index is 2.25. The van der Waals surface area contributed by atoms with Gasteiger partial charge in [0.15, 0.2) is 0 Å². The molecule has 2 aromatic rings. The number of pyridine rings is 1. The van der Waals surface area contributed by atoms with Crippen molar-refractivity contribution in [3.63, 3.8) is 0 Å². The van der Waals surface area contributed by atoms with Crippen LogP contribution < -0.4 is 0 Å². The summed E-state index contributed by atoms with van der Waals surface area (Å²) >= 11 is 5.99. The average molecular weight is 280 g/mol. The lowest BCUT2D eigenvalue weighted by molar-refractivity contribution is 0.0514. The van der Waals surface area contributed by atoms with Gasteiger partial charge in [-0.2, -0.15) is 9.78 Å². The fraction of sp³-hybridized carbons (Fsp3) is 0.308. The van der Waals surface area contributed by atoms with Gasteiger partial charge in [0.2, 0.25) is 0 Å². The first-order chi connectivity index (χ1) is 8.87. The molecule has 0 aromatic carbocycles. The monoisotopic (exact) mass is 279 g/mol. The highest BCUT2D eigenvalue weighted by Gasteiger charge is 2.19. The Morgan fingerprint density at radius 3 is 2.79 bits per heavy atom. The zero-order valence-electron chi connectivity index (χ0n) is 10.9. The summed E-state index contributed by atoms with van der Waals surface area (Å²) in [6.45, 7) is 5.40. The van der Waals surface area contributed by atoms with E-state index in [0.29, 0.717) is 10.7 Å². The van der Waals surface area contributed by atoms with Crippen molar-refractivity contribution in [1.29, 1.82) is 0 Å². The predicted octanol–water partition coefficient (Wildman–Crippen LogP) is 3.38. The van der Waals surface area contributed by atoms with E-state index < -0.39 is 11.7 Å². The molecule has 19 heavy (non-hydrogen) atoms. The number of carbonyl (C=O) groups excluding carboxylic acids is 1. The van der Waals surface area contributed by atoms with Gasteiger partial charge in [-0.25, -0.2) is 9.78 Å². The lowest BCUT2D eigenvalue weighted by Crippen LogP contribution is -2.27. The summed E-state index contributed by atoms with van der Waals surface area (Å²) in [5.74, 6) is 0. The molecular formula is C13H14ClN3O2. The van der Waals surface area contributed by atoms with Crippen molar-refractivity contribution in [2.24, 2.45) is 0 Å². The second-order valence-corrected chi connectivity index (χ2v) is 5.35. The summed E-state index contributed by atoms with van der Waals surface area (Å²) in [5.41, 5.74) is 0.873. The van der Waals surface area contributed by atoms with Gasteiger partial charge >= 0.3 is 6.09 Å². The number of halogens is 1.